The molecule has 6 rings (SSSR count). The molecule has 3 heterocycles. The van der Waals surface area contributed by atoms with Crippen LogP contribution in [0.3, 0.4) is 0 Å². The van der Waals surface area contributed by atoms with Crippen LogP contribution in [0, 0.1) is 6.92 Å². The van der Waals surface area contributed by atoms with E-state index in [9.17, 15) is 0 Å². The summed E-state index contributed by atoms with van der Waals surface area (Å²) in [4.78, 5) is 0. The van der Waals surface area contributed by atoms with Crippen molar-refractivity contribution in [3.63, 3.8) is 0 Å². The Kier molecular flexibility index (Phi) is 3.70. The van der Waals surface area contributed by atoms with E-state index in [-0.39, 0.29) is 0 Å². The summed E-state index contributed by atoms with van der Waals surface area (Å²) in [5, 5.41) is 7.16. The van der Waals surface area contributed by atoms with Crippen molar-refractivity contribution in [2.24, 2.45) is 7.05 Å². The van der Waals surface area contributed by atoms with Crippen molar-refractivity contribution < 1.29 is 0 Å². The fourth-order valence-corrected chi connectivity index (χ4v) is 8.54. The summed E-state index contributed by atoms with van der Waals surface area (Å²) in [6.07, 6.45) is 6.61. The van der Waals surface area contributed by atoms with Gasteiger partial charge in [0, 0.05) is 36.3 Å². The molecule has 0 fully saturated rings. The quantitative estimate of drug-likeness (QED) is 0.331. The molecule has 0 saturated carbocycles. The second-order valence-corrected chi connectivity index (χ2v) is 13.9. The zero-order chi connectivity index (χ0) is 21.5. The Morgan fingerprint density at radius 3 is 2.52 bits per heavy atom. The fraction of sp³-hybridized carbons (Fsp3) is 0.179. The van der Waals surface area contributed by atoms with Crippen LogP contribution in [0.25, 0.3) is 22.6 Å². The molecule has 0 aliphatic carbocycles. The third kappa shape index (κ3) is 2.47. The van der Waals surface area contributed by atoms with Crippen LogP contribution in [0.4, 0.5) is 0 Å². The Balaban J connectivity index is 1.86. The largest absolute Gasteiger partial charge is 0.351 e. The number of aromatic nitrogens is 1. The van der Waals surface area contributed by atoms with E-state index >= 15 is 0 Å². The average Bonchev–Trinajstić information content (AvgIpc) is 3.30. The van der Waals surface area contributed by atoms with Gasteiger partial charge in [-0.1, -0.05) is 37.4 Å². The Morgan fingerprint density at radius 1 is 0.903 bits per heavy atom. The van der Waals surface area contributed by atoms with Gasteiger partial charge in [-0.05, 0) is 69.0 Å². The van der Waals surface area contributed by atoms with Gasteiger partial charge in [0.2, 0.25) is 5.36 Å². The molecule has 0 N–H and O–H groups in total. The minimum Gasteiger partial charge on any atom is -0.351 e. The molecule has 1 aromatic heterocycles. The lowest BCUT2D eigenvalue weighted by molar-refractivity contribution is 0.900. The number of rotatable bonds is 1. The van der Waals surface area contributed by atoms with Crippen molar-refractivity contribution in [3.8, 4) is 0 Å². The molecule has 2 nitrogen and oxygen atoms in total. The smallest absolute Gasteiger partial charge is 0.212 e. The van der Waals surface area contributed by atoms with Crippen LogP contribution in [0.2, 0.25) is 13.1 Å². The van der Waals surface area contributed by atoms with Crippen LogP contribution in [-0.4, -0.2) is 19.7 Å². The predicted octanol–water partition coefficient (Wildman–Crippen LogP) is 2.98. The van der Waals surface area contributed by atoms with Gasteiger partial charge in [-0.3, -0.25) is 0 Å². The maximum absolute atomic E-state index is 2.52. The molecule has 3 aromatic carbocycles. The molecule has 3 heteroatoms. The number of hydrogen-bond acceptors (Lipinski definition) is 0. The monoisotopic (exact) mass is 419 g/mol. The summed E-state index contributed by atoms with van der Waals surface area (Å²) in [6, 6.07) is 20.9. The molecule has 0 radical (unpaired) electrons. The number of benzene rings is 3. The Hall–Kier alpha value is -3.17. The van der Waals surface area contributed by atoms with Crippen LogP contribution >= 0.6 is 0 Å². The molecule has 0 amide bonds. The molecule has 0 atom stereocenters. The molecule has 0 saturated heterocycles. The Morgan fingerprint density at radius 2 is 1.71 bits per heavy atom. The topological polar surface area (TPSA) is 7.94 Å². The molecule has 4 aromatic rings. The highest BCUT2D eigenvalue weighted by Crippen LogP contribution is 2.30. The molecular formula is C28H27N2Si+. The summed E-state index contributed by atoms with van der Waals surface area (Å²) in [5.41, 5.74) is 8.14. The van der Waals surface area contributed by atoms with Gasteiger partial charge in [-0.15, -0.1) is 0 Å². The lowest BCUT2D eigenvalue weighted by atomic mass is 9.90. The van der Waals surface area contributed by atoms with Gasteiger partial charge in [-0.25, -0.2) is 4.58 Å². The summed E-state index contributed by atoms with van der Waals surface area (Å²) in [5.74, 6) is 0. The molecule has 2 aliphatic heterocycles. The van der Waals surface area contributed by atoms with Crippen LogP contribution in [-0.2, 0) is 7.05 Å². The standard InChI is InChI=1S/C28H27N2Si/c1-18-8-6-7-9-21(18)28-22-14-19-10-12-29(2)24(19)16-26(22)31(4,5)27-17-25-20(15-23(27)28)11-13-30(25)3/h6-17H,1-5H3/q+1. The van der Waals surface area contributed by atoms with Crippen LogP contribution in [0.15, 0.2) is 67.0 Å². The molecule has 31 heavy (non-hydrogen) atoms. The number of nitrogens with zero attached hydrogens (tertiary/aromatic N) is 2. The van der Waals surface area contributed by atoms with Crippen molar-refractivity contribution in [2.45, 2.75) is 20.0 Å². The van der Waals surface area contributed by atoms with E-state index in [1.54, 1.807) is 10.4 Å². The molecular weight excluding hydrogens is 392 g/mol. The van der Waals surface area contributed by atoms with Gasteiger partial charge in [-0.2, -0.15) is 0 Å². The highest BCUT2D eigenvalue weighted by atomic mass is 28.3. The summed E-state index contributed by atoms with van der Waals surface area (Å²) in [7, 11) is 2.41. The zero-order valence-electron chi connectivity index (χ0n) is 18.8. The molecule has 0 spiro atoms. The predicted molar refractivity (Wildman–Crippen MR) is 134 cm³/mol. The number of aryl methyl sites for hydroxylation is 2. The minimum absolute atomic E-state index is 1.32. The van der Waals surface area contributed by atoms with E-state index in [0.717, 1.165) is 0 Å². The van der Waals surface area contributed by atoms with Gasteiger partial charge >= 0.3 is 0 Å². The first kappa shape index (κ1) is 18.6. The fourth-order valence-electron chi connectivity index (χ4n) is 5.51. The normalized spacial score (nSPS) is 15.9. The second-order valence-electron chi connectivity index (χ2n) is 9.58. The highest BCUT2D eigenvalue weighted by Gasteiger charge is 2.37. The minimum atomic E-state index is -1.90. The zero-order valence-corrected chi connectivity index (χ0v) is 19.8. The summed E-state index contributed by atoms with van der Waals surface area (Å²) in [6.45, 7) is 7.27. The lowest BCUT2D eigenvalue weighted by Crippen LogP contribution is -2.63. The van der Waals surface area contributed by atoms with E-state index in [1.807, 2.05) is 0 Å². The molecule has 152 valence electrons. The van der Waals surface area contributed by atoms with Crippen LogP contribution in [0.1, 0.15) is 22.3 Å². The van der Waals surface area contributed by atoms with E-state index in [0.29, 0.717) is 0 Å². The van der Waals surface area contributed by atoms with Crippen molar-refractivity contribution in [1.29, 1.82) is 0 Å². The van der Waals surface area contributed by atoms with Gasteiger partial charge in [0.1, 0.15) is 15.1 Å². The van der Waals surface area contributed by atoms with E-state index < -0.39 is 8.07 Å². The second kappa shape index (κ2) is 6.18. The van der Waals surface area contributed by atoms with Crippen LogP contribution in [0.5, 0.6) is 0 Å². The molecule has 0 bridgehead atoms. The third-order valence-electron chi connectivity index (χ3n) is 7.35. The molecule has 2 aliphatic rings. The Labute approximate surface area is 184 Å². The van der Waals surface area contributed by atoms with Crippen molar-refractivity contribution in [3.05, 3.63) is 99.8 Å². The first-order valence-electron chi connectivity index (χ1n) is 11.0. The maximum atomic E-state index is 2.52. The average molecular weight is 420 g/mol. The van der Waals surface area contributed by atoms with Crippen molar-refractivity contribution >= 4 is 41.0 Å². The van der Waals surface area contributed by atoms with Crippen molar-refractivity contribution in [2.75, 3.05) is 7.05 Å². The summed E-state index contributed by atoms with van der Waals surface area (Å²) < 4.78 is 4.51. The van der Waals surface area contributed by atoms with E-state index in [2.05, 4.69) is 116 Å². The molecule has 0 unspecified atom stereocenters. The van der Waals surface area contributed by atoms with Gasteiger partial charge in [0.15, 0.2) is 6.20 Å². The van der Waals surface area contributed by atoms with E-state index in [1.165, 1.54) is 49.3 Å². The Bertz CT molecular complexity index is 1580. The SMILES string of the molecule is Cc1ccccc1C1=c2cc3c(cc2[Si](C)(C)c2cc4c(ccn4C)cc21)=[N+](C)C=C3. The van der Waals surface area contributed by atoms with Crippen LogP contribution < -0.4 is 25.5 Å². The third-order valence-corrected chi connectivity index (χ3v) is 10.9. The number of hydrogen-bond donors (Lipinski definition) is 0. The van der Waals surface area contributed by atoms with Gasteiger partial charge < -0.3 is 4.57 Å². The first-order chi connectivity index (χ1) is 14.9. The summed E-state index contributed by atoms with van der Waals surface area (Å²) >= 11 is 0. The van der Waals surface area contributed by atoms with Crippen molar-refractivity contribution in [1.82, 2.24) is 9.14 Å². The highest BCUT2D eigenvalue weighted by molar-refractivity contribution is 7.01. The first-order valence-corrected chi connectivity index (χ1v) is 14.0. The van der Waals surface area contributed by atoms with Gasteiger partial charge in [0.25, 0.3) is 0 Å². The van der Waals surface area contributed by atoms with Gasteiger partial charge in [0.05, 0.1) is 5.56 Å². The lowest BCUT2D eigenvalue weighted by Gasteiger charge is -2.33. The maximum Gasteiger partial charge on any atom is 0.212 e. The van der Waals surface area contributed by atoms with E-state index in [4.69, 9.17) is 0 Å². The number of fused-ring (bicyclic) bond motifs is 4.